The Labute approximate surface area is 162 Å². The molecule has 0 fully saturated rings. The summed E-state index contributed by atoms with van der Waals surface area (Å²) in [5.41, 5.74) is 1.90. The summed E-state index contributed by atoms with van der Waals surface area (Å²) in [6, 6.07) is 10.6. The van der Waals surface area contributed by atoms with Crippen molar-refractivity contribution in [1.29, 1.82) is 0 Å². The summed E-state index contributed by atoms with van der Waals surface area (Å²) in [7, 11) is 1.31. The number of hydrogen-bond donors (Lipinski definition) is 0. The monoisotopic (exact) mass is 401 g/mol. The van der Waals surface area contributed by atoms with Crippen molar-refractivity contribution in [3.8, 4) is 5.69 Å². The number of methoxy groups -OCH3 is 1. The van der Waals surface area contributed by atoms with Crippen molar-refractivity contribution in [3.05, 3.63) is 59.3 Å². The van der Waals surface area contributed by atoms with E-state index in [0.717, 1.165) is 5.69 Å². The quantitative estimate of drug-likeness (QED) is 0.284. The predicted molar refractivity (Wildman–Crippen MR) is 99.1 cm³/mol. The minimum absolute atomic E-state index is 0.160. The number of thioether (sulfide) groups is 1. The zero-order valence-corrected chi connectivity index (χ0v) is 15.6. The number of halogens is 1. The summed E-state index contributed by atoms with van der Waals surface area (Å²) in [6.07, 6.45) is 1.46. The average Bonchev–Trinajstić information content (AvgIpc) is 3.33. The van der Waals surface area contributed by atoms with Crippen LogP contribution in [0.25, 0.3) is 16.9 Å². The zero-order valence-electron chi connectivity index (χ0n) is 14.0. The number of carbonyl (C=O) groups is 1. The molecule has 27 heavy (non-hydrogen) atoms. The molecular formula is C17H12ClN5O3S. The van der Waals surface area contributed by atoms with Crippen molar-refractivity contribution < 1.29 is 13.9 Å². The summed E-state index contributed by atoms with van der Waals surface area (Å²) in [6.45, 7) is 0. The van der Waals surface area contributed by atoms with Crippen molar-refractivity contribution in [2.75, 3.05) is 7.11 Å². The Morgan fingerprint density at radius 1 is 1.30 bits per heavy atom. The lowest BCUT2D eigenvalue weighted by Crippen LogP contribution is -1.98. The molecule has 3 heterocycles. The largest absolute Gasteiger partial charge is 0.463 e. The van der Waals surface area contributed by atoms with Crippen LogP contribution in [0.4, 0.5) is 0 Å². The second-order valence-electron chi connectivity index (χ2n) is 5.38. The smallest absolute Gasteiger partial charge is 0.373 e. The first-order valence-corrected chi connectivity index (χ1v) is 9.14. The van der Waals surface area contributed by atoms with Crippen LogP contribution in [0.1, 0.15) is 16.3 Å². The SMILES string of the molecule is COC(=O)c1ccc(CSc2ncnc3c2nnn3-c2cccc(Cl)c2)o1. The van der Waals surface area contributed by atoms with E-state index in [0.29, 0.717) is 32.7 Å². The molecule has 0 radical (unpaired) electrons. The topological polar surface area (TPSA) is 95.9 Å². The number of benzene rings is 1. The average molecular weight is 402 g/mol. The highest BCUT2D eigenvalue weighted by atomic mass is 35.5. The van der Waals surface area contributed by atoms with Crippen LogP contribution in [0.2, 0.25) is 5.02 Å². The van der Waals surface area contributed by atoms with Gasteiger partial charge in [0, 0.05) is 5.02 Å². The maximum atomic E-state index is 11.5. The first-order chi connectivity index (χ1) is 13.2. The molecule has 4 rings (SSSR count). The van der Waals surface area contributed by atoms with E-state index in [2.05, 4.69) is 25.0 Å². The maximum Gasteiger partial charge on any atom is 0.373 e. The Bertz CT molecular complexity index is 1130. The first-order valence-electron chi connectivity index (χ1n) is 7.78. The minimum Gasteiger partial charge on any atom is -0.463 e. The highest BCUT2D eigenvalue weighted by Gasteiger charge is 2.15. The Kier molecular flexibility index (Phi) is 4.78. The van der Waals surface area contributed by atoms with Gasteiger partial charge in [-0.1, -0.05) is 34.6 Å². The molecule has 136 valence electrons. The van der Waals surface area contributed by atoms with Gasteiger partial charge >= 0.3 is 5.97 Å². The Morgan fingerprint density at radius 2 is 2.19 bits per heavy atom. The fourth-order valence-electron chi connectivity index (χ4n) is 2.42. The molecule has 8 nitrogen and oxygen atoms in total. The number of hydrogen-bond acceptors (Lipinski definition) is 8. The number of furan rings is 1. The van der Waals surface area contributed by atoms with Crippen molar-refractivity contribution in [2.24, 2.45) is 0 Å². The van der Waals surface area contributed by atoms with E-state index in [-0.39, 0.29) is 5.76 Å². The third kappa shape index (κ3) is 3.51. The molecule has 1 aromatic carbocycles. The summed E-state index contributed by atoms with van der Waals surface area (Å²) < 4.78 is 11.7. The van der Waals surface area contributed by atoms with Gasteiger partial charge in [0.25, 0.3) is 0 Å². The van der Waals surface area contributed by atoms with Gasteiger partial charge in [0.15, 0.2) is 11.2 Å². The van der Waals surface area contributed by atoms with Gasteiger partial charge in [-0.15, -0.1) is 5.10 Å². The molecule has 0 N–H and O–H groups in total. The normalized spacial score (nSPS) is 11.0. The second kappa shape index (κ2) is 7.37. The van der Waals surface area contributed by atoms with Crippen LogP contribution >= 0.6 is 23.4 Å². The first kappa shape index (κ1) is 17.5. The van der Waals surface area contributed by atoms with Crippen LogP contribution < -0.4 is 0 Å². The Hall–Kier alpha value is -2.91. The van der Waals surface area contributed by atoms with Gasteiger partial charge in [-0.05, 0) is 30.3 Å². The van der Waals surface area contributed by atoms with E-state index < -0.39 is 5.97 Å². The van der Waals surface area contributed by atoms with Crippen molar-refractivity contribution in [3.63, 3.8) is 0 Å². The third-order valence-corrected chi connectivity index (χ3v) is 4.89. The van der Waals surface area contributed by atoms with E-state index in [1.165, 1.54) is 25.2 Å². The second-order valence-corrected chi connectivity index (χ2v) is 6.78. The number of aromatic nitrogens is 5. The fourth-order valence-corrected chi connectivity index (χ4v) is 3.43. The number of rotatable bonds is 5. The van der Waals surface area contributed by atoms with Crippen LogP contribution in [0.5, 0.6) is 0 Å². The molecule has 0 atom stereocenters. The maximum absolute atomic E-state index is 11.5. The molecule has 10 heteroatoms. The number of esters is 1. The van der Waals surface area contributed by atoms with E-state index in [4.69, 9.17) is 16.0 Å². The molecular weight excluding hydrogens is 390 g/mol. The van der Waals surface area contributed by atoms with Crippen LogP contribution in [0.15, 0.2) is 52.2 Å². The number of nitrogens with zero attached hydrogens (tertiary/aromatic N) is 5. The standard InChI is InChI=1S/C17H12ClN5O3S/c1-25-17(24)13-6-5-12(26-13)8-27-16-14-15(19-9-20-16)23(22-21-14)11-4-2-3-10(18)7-11/h2-7,9H,8H2,1H3. The van der Waals surface area contributed by atoms with Gasteiger partial charge in [-0.2, -0.15) is 4.68 Å². The van der Waals surface area contributed by atoms with Crippen molar-refractivity contribution in [1.82, 2.24) is 25.0 Å². The van der Waals surface area contributed by atoms with Crippen LogP contribution in [0.3, 0.4) is 0 Å². The van der Waals surface area contributed by atoms with Crippen LogP contribution in [-0.4, -0.2) is 38.0 Å². The summed E-state index contributed by atoms with van der Waals surface area (Å²) in [5, 5.41) is 9.62. The molecule has 0 aliphatic heterocycles. The minimum atomic E-state index is -0.514. The molecule has 0 spiro atoms. The highest BCUT2D eigenvalue weighted by molar-refractivity contribution is 7.98. The van der Waals surface area contributed by atoms with Gasteiger partial charge in [0.2, 0.25) is 5.76 Å². The molecule has 0 aliphatic rings. The van der Waals surface area contributed by atoms with E-state index >= 15 is 0 Å². The summed E-state index contributed by atoms with van der Waals surface area (Å²) >= 11 is 7.46. The van der Waals surface area contributed by atoms with Gasteiger partial charge in [-0.25, -0.2) is 14.8 Å². The van der Waals surface area contributed by atoms with Gasteiger partial charge in [0.05, 0.1) is 18.6 Å². The molecule has 0 amide bonds. The molecule has 0 saturated carbocycles. The third-order valence-electron chi connectivity index (χ3n) is 3.66. The lowest BCUT2D eigenvalue weighted by atomic mass is 10.3. The fraction of sp³-hybridized carbons (Fsp3) is 0.118. The number of fused-ring (bicyclic) bond motifs is 1. The lowest BCUT2D eigenvalue weighted by molar-refractivity contribution is 0.0563. The highest BCUT2D eigenvalue weighted by Crippen LogP contribution is 2.28. The summed E-state index contributed by atoms with van der Waals surface area (Å²) in [5.74, 6) is 0.731. The van der Waals surface area contributed by atoms with Crippen LogP contribution in [0, 0.1) is 0 Å². The summed E-state index contributed by atoms with van der Waals surface area (Å²) in [4.78, 5) is 20.0. The predicted octanol–water partition coefficient (Wildman–Crippen LogP) is 3.54. The lowest BCUT2D eigenvalue weighted by Gasteiger charge is -2.02. The zero-order chi connectivity index (χ0) is 18.8. The molecule has 0 unspecified atom stereocenters. The van der Waals surface area contributed by atoms with E-state index in [9.17, 15) is 4.79 Å². The van der Waals surface area contributed by atoms with Crippen LogP contribution in [-0.2, 0) is 10.5 Å². The van der Waals surface area contributed by atoms with Gasteiger partial charge < -0.3 is 9.15 Å². The Morgan fingerprint density at radius 3 is 3.00 bits per heavy atom. The molecule has 4 aromatic rings. The molecule has 3 aromatic heterocycles. The van der Waals surface area contributed by atoms with Crippen molar-refractivity contribution in [2.45, 2.75) is 10.8 Å². The number of ether oxygens (including phenoxy) is 1. The van der Waals surface area contributed by atoms with Gasteiger partial charge in [0.1, 0.15) is 17.1 Å². The van der Waals surface area contributed by atoms with Gasteiger partial charge in [-0.3, -0.25) is 0 Å². The molecule has 0 aliphatic carbocycles. The van der Waals surface area contributed by atoms with E-state index in [1.807, 2.05) is 12.1 Å². The number of carbonyl (C=O) groups excluding carboxylic acids is 1. The van der Waals surface area contributed by atoms with Crippen molar-refractivity contribution >= 4 is 40.5 Å². The molecule has 0 bridgehead atoms. The van der Waals surface area contributed by atoms with E-state index in [1.54, 1.807) is 28.9 Å². The Balaban J connectivity index is 1.60. The molecule has 0 saturated heterocycles.